The van der Waals surface area contributed by atoms with Gasteiger partial charge in [-0.25, -0.2) is 13.9 Å². The molecule has 1 fully saturated rings. The Morgan fingerprint density at radius 2 is 1.74 bits per heavy atom. The molecule has 160 valence electrons. The van der Waals surface area contributed by atoms with Gasteiger partial charge in [0.05, 0.1) is 23.3 Å². The summed E-state index contributed by atoms with van der Waals surface area (Å²) in [4.78, 5) is 32.8. The standard InChI is InChI=1S/C23H26N6O2/c1-16-8-7-9-17(2)28(16)21(30)15-26-19-11-3-4-12-20(19)29-22(26)25-27(23(29)31)14-18-10-5-6-13-24-18/h3-6,10-13,16-17H,7-9,14-15H2,1-2H3/t16-,17-/m0/s1. The maximum absolute atomic E-state index is 13.3. The smallest absolute Gasteiger partial charge is 0.336 e. The summed E-state index contributed by atoms with van der Waals surface area (Å²) in [6.07, 6.45) is 4.90. The number of pyridine rings is 1. The number of imidazole rings is 1. The molecule has 1 aromatic carbocycles. The molecule has 1 aliphatic rings. The van der Waals surface area contributed by atoms with Gasteiger partial charge in [-0.1, -0.05) is 18.2 Å². The molecule has 0 aliphatic carbocycles. The van der Waals surface area contributed by atoms with E-state index in [0.29, 0.717) is 5.78 Å². The van der Waals surface area contributed by atoms with Crippen molar-refractivity contribution in [3.05, 3.63) is 64.8 Å². The molecule has 8 heteroatoms. The highest BCUT2D eigenvalue weighted by atomic mass is 16.2. The van der Waals surface area contributed by atoms with Crippen molar-refractivity contribution in [3.8, 4) is 0 Å². The van der Waals surface area contributed by atoms with E-state index >= 15 is 0 Å². The molecule has 0 bridgehead atoms. The van der Waals surface area contributed by atoms with Crippen molar-refractivity contribution in [1.29, 1.82) is 0 Å². The molecule has 1 aliphatic heterocycles. The second kappa shape index (κ2) is 7.68. The average molecular weight is 419 g/mol. The number of hydrogen-bond donors (Lipinski definition) is 0. The first-order chi connectivity index (χ1) is 15.0. The Bertz CT molecular complexity index is 1290. The largest absolute Gasteiger partial charge is 0.352 e. The third-order valence-corrected chi connectivity index (χ3v) is 6.29. The quantitative estimate of drug-likeness (QED) is 0.511. The van der Waals surface area contributed by atoms with Gasteiger partial charge in [0.1, 0.15) is 6.54 Å². The van der Waals surface area contributed by atoms with E-state index in [0.717, 1.165) is 36.0 Å². The highest BCUT2D eigenvalue weighted by Gasteiger charge is 2.30. The first-order valence-electron chi connectivity index (χ1n) is 10.8. The molecule has 0 saturated carbocycles. The van der Waals surface area contributed by atoms with Crippen LogP contribution in [0.4, 0.5) is 0 Å². The Morgan fingerprint density at radius 3 is 2.45 bits per heavy atom. The monoisotopic (exact) mass is 418 g/mol. The van der Waals surface area contributed by atoms with Crippen molar-refractivity contribution in [2.45, 2.75) is 58.3 Å². The van der Waals surface area contributed by atoms with Gasteiger partial charge in [0, 0.05) is 18.3 Å². The van der Waals surface area contributed by atoms with Crippen LogP contribution in [0, 0.1) is 0 Å². The number of fused-ring (bicyclic) bond motifs is 3. The maximum atomic E-state index is 13.3. The highest BCUT2D eigenvalue weighted by molar-refractivity contribution is 5.84. The van der Waals surface area contributed by atoms with Crippen molar-refractivity contribution in [2.24, 2.45) is 0 Å². The van der Waals surface area contributed by atoms with E-state index in [9.17, 15) is 9.59 Å². The number of para-hydroxylation sites is 2. The van der Waals surface area contributed by atoms with Crippen LogP contribution in [0.3, 0.4) is 0 Å². The van der Waals surface area contributed by atoms with Crippen molar-refractivity contribution in [3.63, 3.8) is 0 Å². The van der Waals surface area contributed by atoms with Crippen LogP contribution in [0.15, 0.2) is 53.5 Å². The van der Waals surface area contributed by atoms with Gasteiger partial charge in [0.25, 0.3) is 0 Å². The van der Waals surface area contributed by atoms with Gasteiger partial charge in [-0.05, 0) is 57.4 Å². The second-order valence-electron chi connectivity index (χ2n) is 8.40. The maximum Gasteiger partial charge on any atom is 0.352 e. The van der Waals surface area contributed by atoms with E-state index in [1.165, 1.54) is 4.68 Å². The number of hydrogen-bond acceptors (Lipinski definition) is 4. The summed E-state index contributed by atoms with van der Waals surface area (Å²) in [7, 11) is 0. The first-order valence-corrected chi connectivity index (χ1v) is 10.8. The summed E-state index contributed by atoms with van der Waals surface area (Å²) in [5.74, 6) is 0.544. The van der Waals surface area contributed by atoms with E-state index in [1.54, 1.807) is 10.6 Å². The minimum atomic E-state index is -0.234. The normalized spacial score (nSPS) is 19.4. The minimum Gasteiger partial charge on any atom is -0.336 e. The number of carbonyl (C=O) groups is 1. The molecule has 31 heavy (non-hydrogen) atoms. The molecule has 0 unspecified atom stereocenters. The topological polar surface area (TPSA) is 77.4 Å². The Hall–Kier alpha value is -3.42. The molecule has 1 saturated heterocycles. The Kier molecular flexibility index (Phi) is 4.84. The summed E-state index contributed by atoms with van der Waals surface area (Å²) in [6, 6.07) is 13.7. The lowest BCUT2D eigenvalue weighted by molar-refractivity contribution is -0.137. The Labute approximate surface area is 179 Å². The fraction of sp³-hybridized carbons (Fsp3) is 0.391. The zero-order valence-corrected chi connectivity index (χ0v) is 17.8. The molecule has 3 aromatic heterocycles. The van der Waals surface area contributed by atoms with Crippen LogP contribution in [-0.4, -0.2) is 46.6 Å². The molecule has 0 spiro atoms. The molecule has 4 aromatic rings. The number of benzene rings is 1. The summed E-state index contributed by atoms with van der Waals surface area (Å²) in [5.41, 5.74) is 2.11. The number of likely N-dealkylation sites (tertiary alicyclic amines) is 1. The second-order valence-corrected chi connectivity index (χ2v) is 8.40. The van der Waals surface area contributed by atoms with Crippen LogP contribution >= 0.6 is 0 Å². The van der Waals surface area contributed by atoms with Crippen molar-refractivity contribution in [2.75, 3.05) is 0 Å². The third kappa shape index (κ3) is 3.32. The van der Waals surface area contributed by atoms with Crippen LogP contribution in [0.25, 0.3) is 16.8 Å². The molecule has 0 radical (unpaired) electrons. The van der Waals surface area contributed by atoms with Crippen LogP contribution in [0.1, 0.15) is 38.8 Å². The number of amides is 1. The lowest BCUT2D eigenvalue weighted by Crippen LogP contribution is -2.48. The van der Waals surface area contributed by atoms with E-state index in [2.05, 4.69) is 23.9 Å². The van der Waals surface area contributed by atoms with Gasteiger partial charge in [-0.3, -0.25) is 14.3 Å². The van der Waals surface area contributed by atoms with Crippen molar-refractivity contribution < 1.29 is 4.79 Å². The summed E-state index contributed by atoms with van der Waals surface area (Å²) in [5, 5.41) is 4.60. The SMILES string of the molecule is C[C@H]1CCC[C@H](C)N1C(=O)Cn1c2ccccc2n2c(=O)n(Cc3ccccn3)nc12. The molecule has 2 atom stereocenters. The van der Waals surface area contributed by atoms with E-state index < -0.39 is 0 Å². The molecule has 1 amide bonds. The summed E-state index contributed by atoms with van der Waals surface area (Å²) in [6.45, 7) is 4.67. The average Bonchev–Trinajstić information content (AvgIpc) is 3.24. The van der Waals surface area contributed by atoms with Crippen LogP contribution in [-0.2, 0) is 17.9 Å². The van der Waals surface area contributed by atoms with E-state index in [1.807, 2.05) is 51.9 Å². The minimum absolute atomic E-state index is 0.0645. The predicted molar refractivity (Wildman–Crippen MR) is 118 cm³/mol. The lowest BCUT2D eigenvalue weighted by atomic mass is 9.97. The van der Waals surface area contributed by atoms with E-state index in [4.69, 9.17) is 0 Å². The number of piperidine rings is 1. The molecule has 5 rings (SSSR count). The summed E-state index contributed by atoms with van der Waals surface area (Å²) < 4.78 is 4.87. The third-order valence-electron chi connectivity index (χ3n) is 6.29. The van der Waals surface area contributed by atoms with Gasteiger partial charge in [0.2, 0.25) is 11.7 Å². The van der Waals surface area contributed by atoms with E-state index in [-0.39, 0.29) is 36.8 Å². The molecular formula is C23H26N6O2. The van der Waals surface area contributed by atoms with Crippen LogP contribution in [0.5, 0.6) is 0 Å². The molecule has 0 N–H and O–H groups in total. The predicted octanol–water partition coefficient (Wildman–Crippen LogP) is 2.68. The zero-order valence-electron chi connectivity index (χ0n) is 17.8. The fourth-order valence-corrected chi connectivity index (χ4v) is 4.80. The molecular weight excluding hydrogens is 392 g/mol. The van der Waals surface area contributed by atoms with Gasteiger partial charge < -0.3 is 4.90 Å². The van der Waals surface area contributed by atoms with Gasteiger partial charge in [0.15, 0.2) is 0 Å². The molecule has 4 heterocycles. The van der Waals surface area contributed by atoms with Crippen molar-refractivity contribution >= 4 is 22.7 Å². The van der Waals surface area contributed by atoms with Crippen molar-refractivity contribution in [1.82, 2.24) is 28.6 Å². The van der Waals surface area contributed by atoms with Gasteiger partial charge in [-0.2, -0.15) is 0 Å². The number of nitrogens with zero attached hydrogens (tertiary/aromatic N) is 6. The number of rotatable bonds is 4. The zero-order chi connectivity index (χ0) is 21.5. The number of aromatic nitrogens is 5. The highest BCUT2D eigenvalue weighted by Crippen LogP contribution is 2.24. The van der Waals surface area contributed by atoms with Gasteiger partial charge in [-0.15, -0.1) is 5.10 Å². The Balaban J connectivity index is 1.59. The molecule has 8 nitrogen and oxygen atoms in total. The summed E-state index contributed by atoms with van der Waals surface area (Å²) >= 11 is 0. The lowest BCUT2D eigenvalue weighted by Gasteiger charge is -2.39. The Morgan fingerprint density at radius 1 is 1.03 bits per heavy atom. The van der Waals surface area contributed by atoms with Gasteiger partial charge >= 0.3 is 5.69 Å². The first kappa shape index (κ1) is 19.5. The number of carbonyl (C=O) groups excluding carboxylic acids is 1. The fourth-order valence-electron chi connectivity index (χ4n) is 4.80. The van der Waals surface area contributed by atoms with Crippen LogP contribution in [0.2, 0.25) is 0 Å². The van der Waals surface area contributed by atoms with Crippen LogP contribution < -0.4 is 5.69 Å².